The lowest BCUT2D eigenvalue weighted by Crippen LogP contribution is -2.29. The molecule has 0 saturated carbocycles. The summed E-state index contributed by atoms with van der Waals surface area (Å²) < 4.78 is 13.0. The fraction of sp³-hybridized carbons (Fsp3) is 0.294. The molecular formula is C17H16FNO3S. The molecule has 120 valence electrons. The summed E-state index contributed by atoms with van der Waals surface area (Å²) in [5.74, 6) is -1.75. The van der Waals surface area contributed by atoms with Gasteiger partial charge in [0.25, 0.3) is 5.91 Å². The first-order valence-electron chi connectivity index (χ1n) is 7.34. The molecule has 1 atom stereocenters. The molecule has 1 aromatic heterocycles. The van der Waals surface area contributed by atoms with Crippen LogP contribution in [0.1, 0.15) is 21.7 Å². The Morgan fingerprint density at radius 3 is 2.61 bits per heavy atom. The maximum absolute atomic E-state index is 13.0. The number of amides is 1. The van der Waals surface area contributed by atoms with Gasteiger partial charge >= 0.3 is 5.97 Å². The Hall–Kier alpha value is -2.21. The first-order chi connectivity index (χ1) is 11.0. The van der Waals surface area contributed by atoms with E-state index in [4.69, 9.17) is 5.11 Å². The Labute approximate surface area is 137 Å². The molecule has 0 bridgehead atoms. The number of likely N-dealkylation sites (tertiary alicyclic amines) is 1. The summed E-state index contributed by atoms with van der Waals surface area (Å²) in [5.41, 5.74) is 1.83. The van der Waals surface area contributed by atoms with E-state index in [9.17, 15) is 14.0 Å². The van der Waals surface area contributed by atoms with Crippen molar-refractivity contribution in [1.82, 2.24) is 4.90 Å². The van der Waals surface area contributed by atoms with Gasteiger partial charge in [0.2, 0.25) is 0 Å². The molecule has 0 radical (unpaired) electrons. The number of thiophene rings is 1. The Morgan fingerprint density at radius 1 is 1.30 bits per heavy atom. The highest BCUT2D eigenvalue weighted by atomic mass is 32.1. The SMILES string of the molecule is Cc1cc(C(=O)N2CCC(C(=O)O)C2)sc1-c1ccc(F)cc1. The van der Waals surface area contributed by atoms with Gasteiger partial charge < -0.3 is 10.0 Å². The van der Waals surface area contributed by atoms with Crippen molar-refractivity contribution in [1.29, 1.82) is 0 Å². The summed E-state index contributed by atoms with van der Waals surface area (Å²) >= 11 is 1.36. The second-order valence-electron chi connectivity index (χ2n) is 5.70. The number of rotatable bonds is 3. The lowest BCUT2D eigenvalue weighted by Gasteiger charge is -2.14. The Balaban J connectivity index is 1.82. The van der Waals surface area contributed by atoms with Crippen molar-refractivity contribution in [3.05, 3.63) is 46.6 Å². The molecule has 3 rings (SSSR count). The lowest BCUT2D eigenvalue weighted by molar-refractivity contribution is -0.141. The molecular weight excluding hydrogens is 317 g/mol. The van der Waals surface area contributed by atoms with Crippen LogP contribution in [0.2, 0.25) is 0 Å². The molecule has 0 aliphatic carbocycles. The fourth-order valence-electron chi connectivity index (χ4n) is 2.78. The highest BCUT2D eigenvalue weighted by Gasteiger charge is 2.32. The van der Waals surface area contributed by atoms with E-state index in [1.807, 2.05) is 13.0 Å². The number of carbonyl (C=O) groups excluding carboxylic acids is 1. The van der Waals surface area contributed by atoms with Crippen LogP contribution in [0.5, 0.6) is 0 Å². The lowest BCUT2D eigenvalue weighted by atomic mass is 10.1. The number of benzene rings is 1. The molecule has 1 amide bonds. The number of carboxylic acid groups (broad SMARTS) is 1. The third kappa shape index (κ3) is 3.12. The van der Waals surface area contributed by atoms with Gasteiger partial charge in [-0.3, -0.25) is 9.59 Å². The molecule has 1 aliphatic rings. The summed E-state index contributed by atoms with van der Waals surface area (Å²) in [6.45, 7) is 2.64. The van der Waals surface area contributed by atoms with E-state index in [2.05, 4.69) is 0 Å². The second-order valence-corrected chi connectivity index (χ2v) is 6.76. The van der Waals surface area contributed by atoms with Gasteiger partial charge in [-0.1, -0.05) is 12.1 Å². The van der Waals surface area contributed by atoms with E-state index in [0.29, 0.717) is 17.8 Å². The fourth-order valence-corrected chi connectivity index (χ4v) is 3.92. The van der Waals surface area contributed by atoms with Crippen molar-refractivity contribution in [3.8, 4) is 10.4 Å². The first kappa shape index (κ1) is 15.7. The number of carbonyl (C=O) groups is 2. The third-order valence-corrected chi connectivity index (χ3v) is 5.33. The molecule has 1 unspecified atom stereocenters. The van der Waals surface area contributed by atoms with Crippen molar-refractivity contribution in [2.45, 2.75) is 13.3 Å². The van der Waals surface area contributed by atoms with Crippen LogP contribution in [0, 0.1) is 18.7 Å². The van der Waals surface area contributed by atoms with E-state index < -0.39 is 11.9 Å². The number of halogens is 1. The molecule has 1 N–H and O–H groups in total. The number of nitrogens with zero attached hydrogens (tertiary/aromatic N) is 1. The van der Waals surface area contributed by atoms with E-state index >= 15 is 0 Å². The summed E-state index contributed by atoms with van der Waals surface area (Å²) in [6.07, 6.45) is 0.496. The van der Waals surface area contributed by atoms with Crippen molar-refractivity contribution in [3.63, 3.8) is 0 Å². The van der Waals surface area contributed by atoms with Crippen LogP contribution in [0.25, 0.3) is 10.4 Å². The van der Waals surface area contributed by atoms with Gasteiger partial charge in [-0.2, -0.15) is 0 Å². The normalized spacial score (nSPS) is 17.5. The van der Waals surface area contributed by atoms with Crippen molar-refractivity contribution < 1.29 is 19.1 Å². The van der Waals surface area contributed by atoms with Crippen molar-refractivity contribution >= 4 is 23.2 Å². The van der Waals surface area contributed by atoms with Crippen molar-refractivity contribution in [2.75, 3.05) is 13.1 Å². The number of aryl methyl sites for hydroxylation is 1. The third-order valence-electron chi connectivity index (χ3n) is 4.06. The summed E-state index contributed by atoms with van der Waals surface area (Å²) in [7, 11) is 0. The Morgan fingerprint density at radius 2 is 2.00 bits per heavy atom. The minimum absolute atomic E-state index is 0.129. The van der Waals surface area contributed by atoms with Gasteiger partial charge in [0.1, 0.15) is 5.82 Å². The van der Waals surface area contributed by atoms with Crippen LogP contribution in [-0.2, 0) is 4.79 Å². The molecule has 23 heavy (non-hydrogen) atoms. The van der Waals surface area contributed by atoms with E-state index in [-0.39, 0.29) is 18.3 Å². The number of hydrogen-bond donors (Lipinski definition) is 1. The molecule has 1 aromatic carbocycles. The predicted molar refractivity (Wildman–Crippen MR) is 86.1 cm³/mol. The molecule has 2 aromatic rings. The topological polar surface area (TPSA) is 57.6 Å². The number of carboxylic acids is 1. The van der Waals surface area contributed by atoms with Crippen LogP contribution < -0.4 is 0 Å². The van der Waals surface area contributed by atoms with Gasteiger partial charge in [0.15, 0.2) is 0 Å². The average molecular weight is 333 g/mol. The van der Waals surface area contributed by atoms with E-state index in [1.165, 1.54) is 23.5 Å². The monoisotopic (exact) mass is 333 g/mol. The molecule has 1 saturated heterocycles. The highest BCUT2D eigenvalue weighted by Crippen LogP contribution is 2.33. The van der Waals surface area contributed by atoms with Crippen LogP contribution in [-0.4, -0.2) is 35.0 Å². The zero-order valence-electron chi connectivity index (χ0n) is 12.6. The Kier molecular flexibility index (Phi) is 4.17. The number of hydrogen-bond acceptors (Lipinski definition) is 3. The molecule has 0 spiro atoms. The van der Waals surface area contributed by atoms with Gasteiger partial charge in [-0.05, 0) is 42.7 Å². The van der Waals surface area contributed by atoms with E-state index in [1.54, 1.807) is 17.0 Å². The molecule has 6 heteroatoms. The summed E-state index contributed by atoms with van der Waals surface area (Å²) in [5, 5.41) is 9.04. The van der Waals surface area contributed by atoms with Gasteiger partial charge in [-0.25, -0.2) is 4.39 Å². The first-order valence-corrected chi connectivity index (χ1v) is 8.16. The van der Waals surface area contributed by atoms with Crippen molar-refractivity contribution in [2.24, 2.45) is 5.92 Å². The summed E-state index contributed by atoms with van der Waals surface area (Å²) in [4.78, 5) is 26.7. The highest BCUT2D eigenvalue weighted by molar-refractivity contribution is 7.17. The average Bonchev–Trinajstić information content (AvgIpc) is 3.14. The van der Waals surface area contributed by atoms with Crippen LogP contribution in [0.3, 0.4) is 0 Å². The molecule has 1 aliphatic heterocycles. The second kappa shape index (κ2) is 6.12. The van der Waals surface area contributed by atoms with E-state index in [0.717, 1.165) is 16.0 Å². The maximum Gasteiger partial charge on any atom is 0.308 e. The largest absolute Gasteiger partial charge is 0.481 e. The zero-order chi connectivity index (χ0) is 16.6. The molecule has 2 heterocycles. The van der Waals surface area contributed by atoms with Gasteiger partial charge in [-0.15, -0.1) is 11.3 Å². The number of aliphatic carboxylic acids is 1. The van der Waals surface area contributed by atoms with Crippen LogP contribution >= 0.6 is 11.3 Å². The van der Waals surface area contributed by atoms with Gasteiger partial charge in [0, 0.05) is 18.0 Å². The van der Waals surface area contributed by atoms with Crippen LogP contribution in [0.15, 0.2) is 30.3 Å². The maximum atomic E-state index is 13.0. The summed E-state index contributed by atoms with van der Waals surface area (Å²) in [6, 6.07) is 8.00. The Bertz CT molecular complexity index is 754. The molecule has 1 fully saturated rings. The standard InChI is InChI=1S/C17H16FNO3S/c1-10-8-14(16(20)19-7-6-12(9-19)17(21)22)23-15(10)11-2-4-13(18)5-3-11/h2-5,8,12H,6-7,9H2,1H3,(H,21,22). The zero-order valence-corrected chi connectivity index (χ0v) is 13.4. The molecule has 4 nitrogen and oxygen atoms in total. The minimum atomic E-state index is -0.852. The van der Waals surface area contributed by atoms with Gasteiger partial charge in [0.05, 0.1) is 10.8 Å². The quantitative estimate of drug-likeness (QED) is 0.936. The predicted octanol–water partition coefficient (Wildman–Crippen LogP) is 3.41. The minimum Gasteiger partial charge on any atom is -0.481 e. The smallest absolute Gasteiger partial charge is 0.308 e. The van der Waals surface area contributed by atoms with Crippen LogP contribution in [0.4, 0.5) is 4.39 Å².